The van der Waals surface area contributed by atoms with Gasteiger partial charge in [-0.15, -0.1) is 0 Å². The van der Waals surface area contributed by atoms with Crippen LogP contribution in [-0.2, 0) is 0 Å². The fourth-order valence-corrected chi connectivity index (χ4v) is 3.50. The van der Waals surface area contributed by atoms with Crippen molar-refractivity contribution in [3.8, 4) is 5.69 Å². The first-order chi connectivity index (χ1) is 12.0. The minimum Gasteiger partial charge on any atom is -0.387 e. The van der Waals surface area contributed by atoms with E-state index in [0.717, 1.165) is 10.9 Å². The van der Waals surface area contributed by atoms with Gasteiger partial charge in [0.2, 0.25) is 0 Å². The lowest BCUT2D eigenvalue weighted by molar-refractivity contribution is 0.196. The Bertz CT molecular complexity index is 1120. The van der Waals surface area contributed by atoms with Crippen molar-refractivity contribution >= 4 is 45.0 Å². The van der Waals surface area contributed by atoms with Crippen LogP contribution in [-0.4, -0.2) is 14.7 Å². The lowest BCUT2D eigenvalue weighted by Crippen LogP contribution is -2.01. The van der Waals surface area contributed by atoms with Crippen LogP contribution in [0.15, 0.2) is 48.7 Å². The van der Waals surface area contributed by atoms with E-state index in [2.05, 4.69) is 4.98 Å². The van der Waals surface area contributed by atoms with Crippen LogP contribution in [0.25, 0.3) is 27.5 Å². The molecule has 0 aliphatic carbocycles. The van der Waals surface area contributed by atoms with Gasteiger partial charge in [0, 0.05) is 17.0 Å². The van der Waals surface area contributed by atoms with Gasteiger partial charge in [0.15, 0.2) is 0 Å². The highest BCUT2D eigenvalue weighted by Gasteiger charge is 2.19. The lowest BCUT2D eigenvalue weighted by Gasteiger charge is -2.13. The molecule has 4 aromatic rings. The number of hydrogen-bond acceptors (Lipinski definition) is 2. The lowest BCUT2D eigenvalue weighted by atomic mass is 10.1. The predicted octanol–water partition coefficient (Wildman–Crippen LogP) is 5.68. The summed E-state index contributed by atoms with van der Waals surface area (Å²) >= 11 is 12.5. The van der Waals surface area contributed by atoms with Crippen molar-refractivity contribution in [3.63, 3.8) is 0 Å². The molecular formula is C19H13Cl2FN2O. The number of aliphatic hydroxyl groups is 1. The third-order valence-electron chi connectivity index (χ3n) is 4.22. The van der Waals surface area contributed by atoms with Crippen LogP contribution in [0, 0.1) is 5.82 Å². The van der Waals surface area contributed by atoms with Crippen LogP contribution in [0.5, 0.6) is 0 Å². The van der Waals surface area contributed by atoms with Crippen molar-refractivity contribution in [1.82, 2.24) is 9.55 Å². The third kappa shape index (κ3) is 2.49. The first-order valence-corrected chi connectivity index (χ1v) is 8.46. The molecule has 6 heteroatoms. The van der Waals surface area contributed by atoms with Gasteiger partial charge in [-0.25, -0.2) is 9.37 Å². The number of halogens is 3. The smallest absolute Gasteiger partial charge is 0.149 e. The molecule has 2 heterocycles. The van der Waals surface area contributed by atoms with Gasteiger partial charge in [0.05, 0.1) is 33.0 Å². The Hall–Kier alpha value is -2.14. The number of hydrogen-bond donors (Lipinski definition) is 1. The number of para-hydroxylation sites is 1. The number of aliphatic hydroxyl groups excluding tert-OH is 1. The van der Waals surface area contributed by atoms with Crippen LogP contribution in [0.1, 0.15) is 18.7 Å². The molecule has 3 nitrogen and oxygen atoms in total. The molecule has 0 aliphatic rings. The van der Waals surface area contributed by atoms with E-state index < -0.39 is 11.9 Å². The normalized spacial score (nSPS) is 12.8. The predicted molar refractivity (Wildman–Crippen MR) is 99.2 cm³/mol. The van der Waals surface area contributed by atoms with Crippen LogP contribution in [0.4, 0.5) is 4.39 Å². The number of rotatable bonds is 2. The molecule has 0 spiro atoms. The van der Waals surface area contributed by atoms with Gasteiger partial charge in [0.1, 0.15) is 11.3 Å². The molecule has 1 N–H and O–H groups in total. The highest BCUT2D eigenvalue weighted by molar-refractivity contribution is 6.43. The van der Waals surface area contributed by atoms with Crippen molar-refractivity contribution in [2.45, 2.75) is 13.0 Å². The monoisotopic (exact) mass is 374 g/mol. The molecule has 25 heavy (non-hydrogen) atoms. The Morgan fingerprint density at radius 2 is 1.84 bits per heavy atom. The quantitative estimate of drug-likeness (QED) is 0.490. The summed E-state index contributed by atoms with van der Waals surface area (Å²) in [6, 6.07) is 12.0. The van der Waals surface area contributed by atoms with Crippen LogP contribution in [0.3, 0.4) is 0 Å². The average molecular weight is 375 g/mol. The van der Waals surface area contributed by atoms with Gasteiger partial charge in [-0.2, -0.15) is 0 Å². The largest absolute Gasteiger partial charge is 0.387 e. The SMILES string of the molecule is C[C@@H](O)c1nc2c(F)cccc2c2c1ccn2-c1cccc(Cl)c1Cl. The summed E-state index contributed by atoms with van der Waals surface area (Å²) in [7, 11) is 0. The molecule has 0 bridgehead atoms. The first kappa shape index (κ1) is 16.3. The van der Waals surface area contributed by atoms with Crippen LogP contribution < -0.4 is 0 Å². The molecule has 1 atom stereocenters. The molecule has 0 aliphatic heterocycles. The molecule has 0 amide bonds. The van der Waals surface area contributed by atoms with Crippen molar-refractivity contribution in [3.05, 3.63) is 70.2 Å². The van der Waals surface area contributed by atoms with Gasteiger partial charge in [0.25, 0.3) is 0 Å². The van der Waals surface area contributed by atoms with E-state index in [9.17, 15) is 9.50 Å². The number of nitrogens with zero attached hydrogens (tertiary/aromatic N) is 2. The maximum absolute atomic E-state index is 14.3. The zero-order valence-electron chi connectivity index (χ0n) is 13.2. The molecule has 0 fully saturated rings. The number of aromatic nitrogens is 2. The zero-order chi connectivity index (χ0) is 17.7. The minimum absolute atomic E-state index is 0.212. The van der Waals surface area contributed by atoms with Gasteiger partial charge in [-0.1, -0.05) is 41.4 Å². The maximum Gasteiger partial charge on any atom is 0.149 e. The molecular weight excluding hydrogens is 362 g/mol. The molecule has 0 saturated heterocycles. The minimum atomic E-state index is -0.836. The van der Waals surface area contributed by atoms with Gasteiger partial charge in [-0.3, -0.25) is 0 Å². The summed E-state index contributed by atoms with van der Waals surface area (Å²) in [5.41, 5.74) is 2.04. The summed E-state index contributed by atoms with van der Waals surface area (Å²) in [4.78, 5) is 4.35. The Kier molecular flexibility index (Phi) is 3.91. The van der Waals surface area contributed by atoms with E-state index in [1.165, 1.54) is 6.07 Å². The molecule has 4 rings (SSSR count). The third-order valence-corrected chi connectivity index (χ3v) is 5.03. The maximum atomic E-state index is 14.3. The van der Waals surface area contributed by atoms with E-state index in [1.807, 2.05) is 22.9 Å². The van der Waals surface area contributed by atoms with Gasteiger partial charge in [-0.05, 0) is 31.2 Å². The number of fused-ring (bicyclic) bond motifs is 3. The molecule has 0 radical (unpaired) electrons. The fraction of sp³-hybridized carbons (Fsp3) is 0.105. The van der Waals surface area contributed by atoms with E-state index in [-0.39, 0.29) is 5.52 Å². The zero-order valence-corrected chi connectivity index (χ0v) is 14.7. The summed E-state index contributed by atoms with van der Waals surface area (Å²) < 4.78 is 16.2. The molecule has 0 unspecified atom stereocenters. The van der Waals surface area contributed by atoms with E-state index in [4.69, 9.17) is 23.2 Å². The topological polar surface area (TPSA) is 38.1 Å². The van der Waals surface area contributed by atoms with Crippen molar-refractivity contribution in [1.29, 1.82) is 0 Å². The van der Waals surface area contributed by atoms with Crippen molar-refractivity contribution in [2.24, 2.45) is 0 Å². The average Bonchev–Trinajstić information content (AvgIpc) is 3.02. The second kappa shape index (κ2) is 5.99. The van der Waals surface area contributed by atoms with Crippen LogP contribution in [0.2, 0.25) is 10.0 Å². The second-order valence-electron chi connectivity index (χ2n) is 5.83. The Balaban J connectivity index is 2.20. The fourth-order valence-electron chi connectivity index (χ4n) is 3.11. The standard InChI is InChI=1S/C19H13Cl2FN2O/c1-10(25)17-12-8-9-24(15-7-3-5-13(20)16(15)21)19(12)11-4-2-6-14(22)18(11)23-17/h2-10,25H,1H3/t10-/m1/s1. The van der Waals surface area contributed by atoms with Crippen molar-refractivity contribution in [2.75, 3.05) is 0 Å². The second-order valence-corrected chi connectivity index (χ2v) is 6.62. The summed E-state index contributed by atoms with van der Waals surface area (Å²) in [6.45, 7) is 1.61. The summed E-state index contributed by atoms with van der Waals surface area (Å²) in [6.07, 6.45) is 0.984. The Morgan fingerprint density at radius 1 is 1.08 bits per heavy atom. The molecule has 2 aromatic heterocycles. The van der Waals surface area contributed by atoms with Gasteiger partial charge >= 0.3 is 0 Å². The summed E-state index contributed by atoms with van der Waals surface area (Å²) in [5.74, 6) is -0.439. The Morgan fingerprint density at radius 3 is 2.60 bits per heavy atom. The molecule has 0 saturated carbocycles. The number of benzene rings is 2. The highest BCUT2D eigenvalue weighted by Crippen LogP contribution is 2.36. The Labute approximate surface area is 153 Å². The van der Waals surface area contributed by atoms with Gasteiger partial charge < -0.3 is 9.67 Å². The number of pyridine rings is 1. The highest BCUT2D eigenvalue weighted by atomic mass is 35.5. The van der Waals surface area contributed by atoms with E-state index in [0.29, 0.717) is 26.8 Å². The van der Waals surface area contributed by atoms with Crippen LogP contribution >= 0.6 is 23.2 Å². The van der Waals surface area contributed by atoms with E-state index >= 15 is 0 Å². The van der Waals surface area contributed by atoms with Crippen molar-refractivity contribution < 1.29 is 9.50 Å². The first-order valence-electron chi connectivity index (χ1n) is 7.70. The summed E-state index contributed by atoms with van der Waals surface area (Å²) in [5, 5.41) is 12.3. The molecule has 2 aromatic carbocycles. The van der Waals surface area contributed by atoms with E-state index in [1.54, 1.807) is 31.2 Å². The molecule has 126 valence electrons.